The van der Waals surface area contributed by atoms with Gasteiger partial charge in [-0.1, -0.05) is 63.6 Å². The molecule has 0 aromatic heterocycles. The fraction of sp³-hybridized carbons (Fsp3) is 0.375. The molecule has 0 aliphatic carbocycles. The van der Waals surface area contributed by atoms with E-state index in [-0.39, 0.29) is 28.4 Å². The Morgan fingerprint density at radius 2 is 1.60 bits per heavy atom. The van der Waals surface area contributed by atoms with Crippen molar-refractivity contribution in [1.29, 1.82) is 0 Å². The summed E-state index contributed by atoms with van der Waals surface area (Å²) in [6.45, 7) is 7.42. The zero-order chi connectivity index (χ0) is 28.9. The van der Waals surface area contributed by atoms with Gasteiger partial charge >= 0.3 is 0 Å². The van der Waals surface area contributed by atoms with E-state index in [0.717, 1.165) is 24.8 Å². The molecule has 1 saturated heterocycles. The van der Waals surface area contributed by atoms with Gasteiger partial charge in [0.1, 0.15) is 5.75 Å². The van der Waals surface area contributed by atoms with Crippen LogP contribution in [0, 0.1) is 0 Å². The van der Waals surface area contributed by atoms with E-state index < -0.39 is 10.0 Å². The molecule has 212 valence electrons. The van der Waals surface area contributed by atoms with Crippen molar-refractivity contribution >= 4 is 27.4 Å². The number of amides is 1. The van der Waals surface area contributed by atoms with E-state index in [9.17, 15) is 18.0 Å². The molecule has 1 aliphatic rings. The first kappa shape index (κ1) is 29.5. The zero-order valence-corrected chi connectivity index (χ0v) is 24.5. The van der Waals surface area contributed by atoms with Crippen molar-refractivity contribution in [3.8, 4) is 5.75 Å². The Morgan fingerprint density at radius 3 is 2.25 bits per heavy atom. The second-order valence-electron chi connectivity index (χ2n) is 11.2. The molecular formula is C32H38N2O5S. The summed E-state index contributed by atoms with van der Waals surface area (Å²) in [7, 11) is -2.07. The molecule has 4 rings (SSSR count). The van der Waals surface area contributed by atoms with Crippen molar-refractivity contribution in [3.05, 3.63) is 89.0 Å². The first-order chi connectivity index (χ1) is 19.0. The summed E-state index contributed by atoms with van der Waals surface area (Å²) < 4.78 is 33.3. The third-order valence-corrected chi connectivity index (χ3v) is 9.14. The summed E-state index contributed by atoms with van der Waals surface area (Å²) in [5, 5.41) is 2.86. The van der Waals surface area contributed by atoms with Crippen molar-refractivity contribution in [3.63, 3.8) is 0 Å². The largest absolute Gasteiger partial charge is 0.496 e. The lowest BCUT2D eigenvalue weighted by Gasteiger charge is -2.26. The first-order valence-corrected chi connectivity index (χ1v) is 15.2. The highest BCUT2D eigenvalue weighted by Crippen LogP contribution is 2.28. The number of aryl methyl sites for hydroxylation is 1. The number of nitrogens with zero attached hydrogens (tertiary/aromatic N) is 1. The predicted molar refractivity (Wildman–Crippen MR) is 158 cm³/mol. The van der Waals surface area contributed by atoms with E-state index in [2.05, 4.69) is 26.1 Å². The maximum absolute atomic E-state index is 13.1. The van der Waals surface area contributed by atoms with Gasteiger partial charge in [0.15, 0.2) is 5.78 Å². The maximum atomic E-state index is 13.1. The van der Waals surface area contributed by atoms with Crippen molar-refractivity contribution in [2.24, 2.45) is 0 Å². The van der Waals surface area contributed by atoms with E-state index in [1.807, 2.05) is 24.3 Å². The molecule has 0 atom stereocenters. The van der Waals surface area contributed by atoms with Crippen LogP contribution in [0.5, 0.6) is 5.75 Å². The predicted octanol–water partition coefficient (Wildman–Crippen LogP) is 5.97. The molecule has 0 saturated carbocycles. The highest BCUT2D eigenvalue weighted by Gasteiger charge is 2.26. The van der Waals surface area contributed by atoms with Gasteiger partial charge < -0.3 is 10.1 Å². The van der Waals surface area contributed by atoms with E-state index >= 15 is 0 Å². The summed E-state index contributed by atoms with van der Waals surface area (Å²) in [5.74, 6) is 0.175. The van der Waals surface area contributed by atoms with E-state index in [1.54, 1.807) is 42.5 Å². The Balaban J connectivity index is 1.42. The molecule has 0 bridgehead atoms. The molecule has 1 amide bonds. The van der Waals surface area contributed by atoms with E-state index in [1.165, 1.54) is 11.4 Å². The number of benzene rings is 3. The topological polar surface area (TPSA) is 92.8 Å². The number of anilines is 1. The van der Waals surface area contributed by atoms with Crippen LogP contribution >= 0.6 is 0 Å². The second kappa shape index (κ2) is 12.4. The molecule has 40 heavy (non-hydrogen) atoms. The Bertz CT molecular complexity index is 1470. The average Bonchev–Trinajstić information content (AvgIpc) is 2.95. The third-order valence-electron chi connectivity index (χ3n) is 7.25. The fourth-order valence-electron chi connectivity index (χ4n) is 4.86. The van der Waals surface area contributed by atoms with Crippen LogP contribution in [0.3, 0.4) is 0 Å². The number of nitrogens with one attached hydrogen (secondary N) is 1. The van der Waals surface area contributed by atoms with E-state index in [0.29, 0.717) is 47.6 Å². The van der Waals surface area contributed by atoms with Gasteiger partial charge in [-0.05, 0) is 66.1 Å². The molecule has 0 radical (unpaired) electrons. The number of piperidine rings is 1. The van der Waals surface area contributed by atoms with Crippen molar-refractivity contribution in [2.45, 2.75) is 63.2 Å². The number of carbonyl (C=O) groups is 2. The summed E-state index contributed by atoms with van der Waals surface area (Å²) in [6, 6.07) is 19.3. The van der Waals surface area contributed by atoms with Crippen molar-refractivity contribution < 1.29 is 22.7 Å². The Hall–Kier alpha value is -3.49. The Labute approximate surface area is 237 Å². The highest BCUT2D eigenvalue weighted by molar-refractivity contribution is 7.89. The molecule has 1 aliphatic heterocycles. The number of hydrogen-bond acceptors (Lipinski definition) is 5. The number of sulfonamides is 1. The van der Waals surface area contributed by atoms with Crippen LogP contribution < -0.4 is 10.1 Å². The molecular weight excluding hydrogens is 524 g/mol. The minimum atomic E-state index is -3.60. The normalized spacial score (nSPS) is 14.5. The lowest BCUT2D eigenvalue weighted by Crippen LogP contribution is -2.35. The van der Waals surface area contributed by atoms with Gasteiger partial charge in [0.2, 0.25) is 15.9 Å². The van der Waals surface area contributed by atoms with Gasteiger partial charge in [0, 0.05) is 36.3 Å². The monoisotopic (exact) mass is 562 g/mol. The quantitative estimate of drug-likeness (QED) is 0.325. The maximum Gasteiger partial charge on any atom is 0.243 e. The molecule has 1 N–H and O–H groups in total. The summed E-state index contributed by atoms with van der Waals surface area (Å²) in [6.07, 6.45) is 3.18. The standard InChI is InChI=1S/C32H38N2O5S/c1-32(2,3)26-14-11-23(12-15-26)31(36)25-9-8-10-27(21-25)33-30(35)18-13-24-22-28(16-17-29(24)39-4)40(37,38)34-19-6-5-7-20-34/h8-12,14-17,21-22H,5-7,13,18-20H2,1-4H3,(H,33,35). The van der Waals surface area contributed by atoms with Gasteiger partial charge in [-0.15, -0.1) is 0 Å². The smallest absolute Gasteiger partial charge is 0.243 e. The van der Waals surface area contributed by atoms with Gasteiger partial charge in [0.25, 0.3) is 0 Å². The molecule has 1 heterocycles. The number of ketones is 1. The minimum absolute atomic E-state index is 0.00131. The highest BCUT2D eigenvalue weighted by atomic mass is 32.2. The van der Waals surface area contributed by atoms with Crippen LogP contribution in [-0.2, 0) is 26.7 Å². The summed E-state index contributed by atoms with van der Waals surface area (Å²) >= 11 is 0. The van der Waals surface area contributed by atoms with E-state index in [4.69, 9.17) is 4.74 Å². The number of methoxy groups -OCH3 is 1. The summed E-state index contributed by atoms with van der Waals surface area (Å²) in [4.78, 5) is 26.1. The zero-order valence-electron chi connectivity index (χ0n) is 23.7. The van der Waals surface area contributed by atoms with Gasteiger partial charge in [-0.2, -0.15) is 4.31 Å². The summed E-state index contributed by atoms with van der Waals surface area (Å²) in [5.41, 5.74) is 3.39. The van der Waals surface area contributed by atoms with Crippen LogP contribution in [0.4, 0.5) is 5.69 Å². The fourth-order valence-corrected chi connectivity index (χ4v) is 6.43. The molecule has 8 heteroatoms. The molecule has 7 nitrogen and oxygen atoms in total. The van der Waals surface area contributed by atoms with Crippen LogP contribution in [0.2, 0.25) is 0 Å². The molecule has 1 fully saturated rings. The number of hydrogen-bond donors (Lipinski definition) is 1. The number of carbonyl (C=O) groups excluding carboxylic acids is 2. The first-order valence-electron chi connectivity index (χ1n) is 13.7. The molecule has 0 unspecified atom stereocenters. The molecule has 0 spiro atoms. The third kappa shape index (κ3) is 6.98. The van der Waals surface area contributed by atoms with Crippen LogP contribution in [-0.4, -0.2) is 44.6 Å². The van der Waals surface area contributed by atoms with Crippen LogP contribution in [0.1, 0.15) is 73.5 Å². The lowest BCUT2D eigenvalue weighted by molar-refractivity contribution is -0.116. The SMILES string of the molecule is COc1ccc(S(=O)(=O)N2CCCCC2)cc1CCC(=O)Nc1cccc(C(=O)c2ccc(C(C)(C)C)cc2)c1. The molecule has 3 aromatic rings. The van der Waals surface area contributed by atoms with Gasteiger partial charge in [0.05, 0.1) is 12.0 Å². The van der Waals surface area contributed by atoms with Crippen LogP contribution in [0.15, 0.2) is 71.6 Å². The van der Waals surface area contributed by atoms with Crippen molar-refractivity contribution in [1.82, 2.24) is 4.31 Å². The Morgan fingerprint density at radius 1 is 0.900 bits per heavy atom. The number of rotatable bonds is 9. The number of ether oxygens (including phenoxy) is 1. The Kier molecular flexibility index (Phi) is 9.11. The van der Waals surface area contributed by atoms with Crippen molar-refractivity contribution in [2.75, 3.05) is 25.5 Å². The minimum Gasteiger partial charge on any atom is -0.496 e. The molecule has 3 aromatic carbocycles. The second-order valence-corrected chi connectivity index (χ2v) is 13.2. The van der Waals surface area contributed by atoms with Crippen LogP contribution in [0.25, 0.3) is 0 Å². The van der Waals surface area contributed by atoms with Gasteiger partial charge in [-0.3, -0.25) is 9.59 Å². The lowest BCUT2D eigenvalue weighted by atomic mass is 9.86. The van der Waals surface area contributed by atoms with Gasteiger partial charge in [-0.25, -0.2) is 8.42 Å². The average molecular weight is 563 g/mol.